The van der Waals surface area contributed by atoms with Crippen molar-refractivity contribution in [1.82, 2.24) is 5.32 Å². The number of thiophene rings is 1. The molecule has 0 saturated carbocycles. The number of carbonyl (C=O) groups is 1. The fraction of sp³-hybridized carbons (Fsp3) is 0.318. The zero-order valence-corrected chi connectivity index (χ0v) is 16.9. The molecule has 0 aliphatic rings. The summed E-state index contributed by atoms with van der Waals surface area (Å²) >= 11 is 1.30. The lowest BCUT2D eigenvalue weighted by molar-refractivity contribution is 0.0952. The summed E-state index contributed by atoms with van der Waals surface area (Å²) in [4.78, 5) is 13.1. The highest BCUT2D eigenvalue weighted by Crippen LogP contribution is 2.33. The first-order valence-corrected chi connectivity index (χ1v) is 10.1. The lowest BCUT2D eigenvalue weighted by Crippen LogP contribution is -2.24. The van der Waals surface area contributed by atoms with E-state index in [-0.39, 0.29) is 18.3 Å². The standard InChI is InChI=1S/C22H24FNO3S/c1-15-8-10-16(11-9-15)27-13-4-3-12-24-22(25)21-17(14-26-2)20-18(23)6-5-7-19(20)28-21/h5-11H,3-4,12-14H2,1-2H3,(H,24,25). The molecule has 0 radical (unpaired) electrons. The number of ether oxygens (including phenoxy) is 2. The molecule has 2 aromatic carbocycles. The summed E-state index contributed by atoms with van der Waals surface area (Å²) in [5, 5.41) is 3.40. The number of amides is 1. The molecule has 0 bridgehead atoms. The molecule has 148 valence electrons. The van der Waals surface area contributed by atoms with E-state index in [1.165, 1.54) is 23.0 Å². The van der Waals surface area contributed by atoms with E-state index in [1.807, 2.05) is 37.3 Å². The van der Waals surface area contributed by atoms with Crippen LogP contribution in [-0.4, -0.2) is 26.2 Å². The Balaban J connectivity index is 1.51. The maximum Gasteiger partial charge on any atom is 0.261 e. The van der Waals surface area contributed by atoms with Crippen molar-refractivity contribution in [1.29, 1.82) is 0 Å². The quantitative estimate of drug-likeness (QED) is 0.509. The van der Waals surface area contributed by atoms with Gasteiger partial charge in [0.25, 0.3) is 5.91 Å². The zero-order chi connectivity index (χ0) is 19.9. The minimum Gasteiger partial charge on any atom is -0.494 e. The molecule has 3 rings (SSSR count). The lowest BCUT2D eigenvalue weighted by atomic mass is 10.1. The third-order valence-corrected chi connectivity index (χ3v) is 5.60. The Morgan fingerprint density at radius 3 is 2.68 bits per heavy atom. The van der Waals surface area contributed by atoms with Gasteiger partial charge in [0.15, 0.2) is 0 Å². The van der Waals surface area contributed by atoms with Crippen LogP contribution in [-0.2, 0) is 11.3 Å². The van der Waals surface area contributed by atoms with Crippen LogP contribution in [0.25, 0.3) is 10.1 Å². The molecular weight excluding hydrogens is 377 g/mol. The van der Waals surface area contributed by atoms with Crippen molar-refractivity contribution >= 4 is 27.3 Å². The van der Waals surface area contributed by atoms with Crippen LogP contribution in [0.1, 0.15) is 33.6 Å². The van der Waals surface area contributed by atoms with E-state index in [9.17, 15) is 9.18 Å². The Labute approximate surface area is 168 Å². The van der Waals surface area contributed by atoms with Crippen LogP contribution in [0.4, 0.5) is 4.39 Å². The first-order valence-electron chi connectivity index (χ1n) is 9.26. The molecule has 4 nitrogen and oxygen atoms in total. The molecule has 1 N–H and O–H groups in total. The Morgan fingerprint density at radius 1 is 1.14 bits per heavy atom. The van der Waals surface area contributed by atoms with Crippen molar-refractivity contribution in [3.63, 3.8) is 0 Å². The minimum atomic E-state index is -0.326. The third kappa shape index (κ3) is 4.88. The van der Waals surface area contributed by atoms with Crippen molar-refractivity contribution in [2.24, 2.45) is 0 Å². The second-order valence-corrected chi connectivity index (χ2v) is 7.63. The molecule has 3 aromatic rings. The van der Waals surface area contributed by atoms with E-state index in [0.29, 0.717) is 29.0 Å². The molecule has 0 spiro atoms. The van der Waals surface area contributed by atoms with Gasteiger partial charge in [0, 0.05) is 29.3 Å². The van der Waals surface area contributed by atoms with Crippen LogP contribution in [0.5, 0.6) is 5.75 Å². The maximum absolute atomic E-state index is 14.2. The zero-order valence-electron chi connectivity index (χ0n) is 16.1. The van der Waals surface area contributed by atoms with Crippen molar-refractivity contribution < 1.29 is 18.7 Å². The highest BCUT2D eigenvalue weighted by atomic mass is 32.1. The first-order chi connectivity index (χ1) is 13.6. The highest BCUT2D eigenvalue weighted by molar-refractivity contribution is 7.21. The Kier molecular flexibility index (Phi) is 7.01. The number of hydrogen-bond donors (Lipinski definition) is 1. The SMILES string of the molecule is COCc1c(C(=O)NCCCCOc2ccc(C)cc2)sc2cccc(F)c12. The molecule has 0 saturated heterocycles. The molecule has 1 aromatic heterocycles. The van der Waals surface area contributed by atoms with Crippen LogP contribution < -0.4 is 10.1 Å². The van der Waals surface area contributed by atoms with Gasteiger partial charge in [0.1, 0.15) is 11.6 Å². The predicted molar refractivity (Wildman–Crippen MR) is 111 cm³/mol. The molecule has 0 fully saturated rings. The van der Waals surface area contributed by atoms with E-state index in [2.05, 4.69) is 5.32 Å². The Bertz CT molecular complexity index is 937. The number of aryl methyl sites for hydroxylation is 1. The van der Waals surface area contributed by atoms with Crippen LogP contribution in [0.15, 0.2) is 42.5 Å². The van der Waals surface area contributed by atoms with Crippen LogP contribution >= 0.6 is 11.3 Å². The predicted octanol–water partition coefficient (Wildman–Crippen LogP) is 5.08. The van der Waals surface area contributed by atoms with E-state index in [4.69, 9.17) is 9.47 Å². The average molecular weight is 402 g/mol. The number of halogens is 1. The maximum atomic E-state index is 14.2. The van der Waals surface area contributed by atoms with Gasteiger partial charge in [-0.25, -0.2) is 4.39 Å². The van der Waals surface area contributed by atoms with Crippen LogP contribution in [0, 0.1) is 12.7 Å². The van der Waals surface area contributed by atoms with Crippen molar-refractivity contribution in [2.45, 2.75) is 26.4 Å². The second-order valence-electron chi connectivity index (χ2n) is 6.58. The van der Waals surface area contributed by atoms with Gasteiger partial charge in [-0.1, -0.05) is 23.8 Å². The highest BCUT2D eigenvalue weighted by Gasteiger charge is 2.20. The number of nitrogens with one attached hydrogen (secondary N) is 1. The summed E-state index contributed by atoms with van der Waals surface area (Å²) in [6.07, 6.45) is 1.64. The summed E-state index contributed by atoms with van der Waals surface area (Å²) in [6.45, 7) is 3.38. The molecule has 0 atom stereocenters. The van der Waals surface area contributed by atoms with Gasteiger partial charge >= 0.3 is 0 Å². The van der Waals surface area contributed by atoms with Gasteiger partial charge in [-0.15, -0.1) is 11.3 Å². The number of methoxy groups -OCH3 is 1. The van der Waals surface area contributed by atoms with E-state index in [0.717, 1.165) is 23.3 Å². The van der Waals surface area contributed by atoms with E-state index >= 15 is 0 Å². The molecular formula is C22H24FNO3S. The van der Waals surface area contributed by atoms with Gasteiger partial charge < -0.3 is 14.8 Å². The van der Waals surface area contributed by atoms with Crippen molar-refractivity contribution in [2.75, 3.05) is 20.3 Å². The molecule has 28 heavy (non-hydrogen) atoms. The summed E-state index contributed by atoms with van der Waals surface area (Å²) < 4.78 is 25.8. The van der Waals surface area contributed by atoms with Gasteiger partial charge in [-0.3, -0.25) is 4.79 Å². The van der Waals surface area contributed by atoms with E-state index in [1.54, 1.807) is 13.2 Å². The normalized spacial score (nSPS) is 11.0. The third-order valence-electron chi connectivity index (χ3n) is 4.40. The van der Waals surface area contributed by atoms with Gasteiger partial charge in [0.05, 0.1) is 18.1 Å². The fourth-order valence-electron chi connectivity index (χ4n) is 2.97. The number of rotatable bonds is 9. The van der Waals surface area contributed by atoms with Gasteiger partial charge in [0.2, 0.25) is 0 Å². The molecule has 0 aliphatic heterocycles. The molecule has 1 amide bonds. The summed E-state index contributed by atoms with van der Waals surface area (Å²) in [5.41, 5.74) is 1.81. The molecule has 1 heterocycles. The Morgan fingerprint density at radius 2 is 1.93 bits per heavy atom. The molecule has 6 heteroatoms. The smallest absolute Gasteiger partial charge is 0.261 e. The fourth-order valence-corrected chi connectivity index (χ4v) is 4.10. The van der Waals surface area contributed by atoms with Crippen LogP contribution in [0.2, 0.25) is 0 Å². The lowest BCUT2D eigenvalue weighted by Gasteiger charge is -2.08. The summed E-state index contributed by atoms with van der Waals surface area (Å²) in [7, 11) is 1.54. The van der Waals surface area contributed by atoms with Crippen molar-refractivity contribution in [3.8, 4) is 5.75 Å². The van der Waals surface area contributed by atoms with E-state index < -0.39 is 0 Å². The second kappa shape index (κ2) is 9.66. The Hall–Kier alpha value is -2.44. The summed E-state index contributed by atoms with van der Waals surface area (Å²) in [6, 6.07) is 12.8. The minimum absolute atomic E-state index is 0.188. The number of fused-ring (bicyclic) bond motifs is 1. The number of unbranched alkanes of at least 4 members (excludes halogenated alkanes) is 1. The topological polar surface area (TPSA) is 47.6 Å². The van der Waals surface area contributed by atoms with Crippen LogP contribution in [0.3, 0.4) is 0 Å². The first kappa shape index (κ1) is 20.3. The van der Waals surface area contributed by atoms with Crippen molar-refractivity contribution in [3.05, 3.63) is 64.3 Å². The average Bonchev–Trinajstić information content (AvgIpc) is 3.06. The largest absolute Gasteiger partial charge is 0.494 e. The van der Waals surface area contributed by atoms with Gasteiger partial charge in [-0.05, 0) is 44.0 Å². The molecule has 0 aliphatic carbocycles. The number of carbonyl (C=O) groups excluding carboxylic acids is 1. The number of hydrogen-bond acceptors (Lipinski definition) is 4. The molecule has 0 unspecified atom stereocenters. The summed E-state index contributed by atoms with van der Waals surface area (Å²) in [5.74, 6) is 0.339. The number of benzene rings is 2. The monoisotopic (exact) mass is 401 g/mol. The van der Waals surface area contributed by atoms with Gasteiger partial charge in [-0.2, -0.15) is 0 Å².